The van der Waals surface area contributed by atoms with E-state index >= 15 is 0 Å². The van der Waals surface area contributed by atoms with Crippen molar-refractivity contribution in [3.05, 3.63) is 53.6 Å². The second-order valence-corrected chi connectivity index (χ2v) is 9.37. The molecule has 7 nitrogen and oxygen atoms in total. The SMILES string of the molecule is CCn1c(CCC(=O)Nc2ccc(C)c(F)c2)nc2cc(S(=O)(=O)N(C)C)ccc21. The molecule has 1 heterocycles. The first kappa shape index (κ1) is 21.9. The molecule has 0 aliphatic heterocycles. The summed E-state index contributed by atoms with van der Waals surface area (Å²) >= 11 is 0. The predicted molar refractivity (Wildman–Crippen MR) is 114 cm³/mol. The molecule has 3 aromatic rings. The lowest BCUT2D eigenvalue weighted by Gasteiger charge is -2.11. The monoisotopic (exact) mass is 432 g/mol. The molecule has 9 heteroatoms. The van der Waals surface area contributed by atoms with E-state index in [-0.39, 0.29) is 23.0 Å². The number of aryl methyl sites for hydroxylation is 3. The van der Waals surface area contributed by atoms with Crippen LogP contribution < -0.4 is 5.32 Å². The first-order valence-corrected chi connectivity index (χ1v) is 11.0. The molecule has 160 valence electrons. The highest BCUT2D eigenvalue weighted by molar-refractivity contribution is 7.89. The molecule has 1 N–H and O–H groups in total. The number of nitrogens with one attached hydrogen (secondary N) is 1. The number of nitrogens with zero attached hydrogens (tertiary/aromatic N) is 3. The predicted octanol–water partition coefficient (Wildman–Crippen LogP) is 3.33. The Hall–Kier alpha value is -2.78. The van der Waals surface area contributed by atoms with Gasteiger partial charge in [0, 0.05) is 39.2 Å². The molecule has 0 saturated heterocycles. The number of amides is 1. The molecule has 0 unspecified atom stereocenters. The summed E-state index contributed by atoms with van der Waals surface area (Å²) in [6.07, 6.45) is 0.542. The highest BCUT2D eigenvalue weighted by Crippen LogP contribution is 2.23. The maximum Gasteiger partial charge on any atom is 0.242 e. The number of imidazole rings is 1. The minimum Gasteiger partial charge on any atom is -0.328 e. The number of anilines is 1. The van der Waals surface area contributed by atoms with Crippen molar-refractivity contribution < 1.29 is 17.6 Å². The largest absolute Gasteiger partial charge is 0.328 e. The molecule has 3 rings (SSSR count). The third-order valence-electron chi connectivity index (χ3n) is 4.92. The number of benzene rings is 2. The van der Waals surface area contributed by atoms with Gasteiger partial charge >= 0.3 is 0 Å². The number of fused-ring (bicyclic) bond motifs is 1. The molecule has 1 aromatic heterocycles. The quantitative estimate of drug-likeness (QED) is 0.621. The topological polar surface area (TPSA) is 84.3 Å². The molecule has 0 aliphatic rings. The molecule has 0 atom stereocenters. The van der Waals surface area contributed by atoms with Crippen molar-refractivity contribution in [3.8, 4) is 0 Å². The van der Waals surface area contributed by atoms with Crippen molar-refractivity contribution in [2.24, 2.45) is 0 Å². The summed E-state index contributed by atoms with van der Waals surface area (Å²) in [5, 5.41) is 2.69. The van der Waals surface area contributed by atoms with Crippen molar-refractivity contribution in [1.82, 2.24) is 13.9 Å². The van der Waals surface area contributed by atoms with Gasteiger partial charge < -0.3 is 9.88 Å². The molecule has 0 radical (unpaired) electrons. The lowest BCUT2D eigenvalue weighted by molar-refractivity contribution is -0.116. The summed E-state index contributed by atoms with van der Waals surface area (Å²) in [5.74, 6) is 0.0741. The first-order chi connectivity index (χ1) is 14.1. The Kier molecular flexibility index (Phi) is 6.23. The second kappa shape index (κ2) is 8.53. The van der Waals surface area contributed by atoms with Gasteiger partial charge in [-0.1, -0.05) is 6.07 Å². The minimum atomic E-state index is -3.56. The fourth-order valence-electron chi connectivity index (χ4n) is 3.19. The smallest absolute Gasteiger partial charge is 0.242 e. The van der Waals surface area contributed by atoms with Gasteiger partial charge in [-0.25, -0.2) is 22.1 Å². The van der Waals surface area contributed by atoms with Gasteiger partial charge in [0.25, 0.3) is 0 Å². The lowest BCUT2D eigenvalue weighted by Crippen LogP contribution is -2.22. The molecule has 0 aliphatic carbocycles. The standard InChI is InChI=1S/C21H25FN4O3S/c1-5-26-19-9-8-16(30(28,29)25(3)4)13-18(19)24-20(26)10-11-21(27)23-15-7-6-14(2)17(22)12-15/h6-9,12-13H,5,10-11H2,1-4H3,(H,23,27). The molecular weight excluding hydrogens is 407 g/mol. The second-order valence-electron chi connectivity index (χ2n) is 7.22. The Balaban J connectivity index is 1.79. The average Bonchev–Trinajstić information content (AvgIpc) is 3.05. The van der Waals surface area contributed by atoms with Crippen LogP contribution in [0.3, 0.4) is 0 Å². The molecule has 0 spiro atoms. The van der Waals surface area contributed by atoms with E-state index in [0.717, 1.165) is 9.82 Å². The Morgan fingerprint density at radius 3 is 2.57 bits per heavy atom. The summed E-state index contributed by atoms with van der Waals surface area (Å²) in [6.45, 7) is 4.26. The van der Waals surface area contributed by atoms with Crippen LogP contribution in [0.4, 0.5) is 10.1 Å². The van der Waals surface area contributed by atoms with E-state index in [4.69, 9.17) is 0 Å². The zero-order valence-corrected chi connectivity index (χ0v) is 18.3. The highest BCUT2D eigenvalue weighted by atomic mass is 32.2. The zero-order chi connectivity index (χ0) is 22.1. The highest BCUT2D eigenvalue weighted by Gasteiger charge is 2.19. The van der Waals surface area contributed by atoms with E-state index in [9.17, 15) is 17.6 Å². The van der Waals surface area contributed by atoms with Gasteiger partial charge in [0.15, 0.2) is 0 Å². The zero-order valence-electron chi connectivity index (χ0n) is 17.4. The summed E-state index contributed by atoms with van der Waals surface area (Å²) in [7, 11) is -0.596. The third kappa shape index (κ3) is 4.36. The number of sulfonamides is 1. The summed E-state index contributed by atoms with van der Waals surface area (Å²) in [4.78, 5) is 17.0. The lowest BCUT2D eigenvalue weighted by atomic mass is 10.2. The van der Waals surface area contributed by atoms with Crippen molar-refractivity contribution in [1.29, 1.82) is 0 Å². The maximum absolute atomic E-state index is 13.7. The van der Waals surface area contributed by atoms with E-state index in [1.165, 1.54) is 20.2 Å². The van der Waals surface area contributed by atoms with Crippen molar-refractivity contribution in [2.75, 3.05) is 19.4 Å². The van der Waals surface area contributed by atoms with Crippen LogP contribution in [0.25, 0.3) is 11.0 Å². The summed E-state index contributed by atoms with van der Waals surface area (Å²) in [6, 6.07) is 9.41. The number of rotatable bonds is 7. The fraction of sp³-hybridized carbons (Fsp3) is 0.333. The normalized spacial score (nSPS) is 11.9. The molecule has 1 amide bonds. The number of halogens is 1. The van der Waals surface area contributed by atoms with Gasteiger partial charge in [0.05, 0.1) is 15.9 Å². The average molecular weight is 433 g/mol. The number of aromatic nitrogens is 2. The van der Waals surface area contributed by atoms with E-state index < -0.39 is 10.0 Å². The van der Waals surface area contributed by atoms with E-state index in [1.807, 2.05) is 11.5 Å². The van der Waals surface area contributed by atoms with Gasteiger partial charge in [-0.05, 0) is 49.7 Å². The van der Waals surface area contributed by atoms with Crippen LogP contribution in [0.5, 0.6) is 0 Å². The van der Waals surface area contributed by atoms with Gasteiger partial charge in [-0.2, -0.15) is 0 Å². The Bertz CT molecular complexity index is 1200. The molecule has 0 bridgehead atoms. The summed E-state index contributed by atoms with van der Waals surface area (Å²) in [5.41, 5.74) is 2.30. The maximum atomic E-state index is 13.7. The number of hydrogen-bond acceptors (Lipinski definition) is 4. The Morgan fingerprint density at radius 1 is 1.20 bits per heavy atom. The summed E-state index contributed by atoms with van der Waals surface area (Å²) < 4.78 is 41.5. The number of carbonyl (C=O) groups excluding carboxylic acids is 1. The van der Waals surface area contributed by atoms with Crippen LogP contribution in [0.15, 0.2) is 41.3 Å². The molecule has 0 saturated carbocycles. The first-order valence-electron chi connectivity index (χ1n) is 9.61. The van der Waals surface area contributed by atoms with Crippen LogP contribution >= 0.6 is 0 Å². The van der Waals surface area contributed by atoms with Crippen LogP contribution in [-0.2, 0) is 27.8 Å². The molecule has 2 aromatic carbocycles. The molecule has 30 heavy (non-hydrogen) atoms. The van der Waals surface area contributed by atoms with E-state index in [0.29, 0.717) is 35.6 Å². The van der Waals surface area contributed by atoms with Crippen LogP contribution in [0.2, 0.25) is 0 Å². The van der Waals surface area contributed by atoms with Gasteiger partial charge in [0.1, 0.15) is 11.6 Å². The van der Waals surface area contributed by atoms with Crippen LogP contribution in [0, 0.1) is 12.7 Å². The fourth-order valence-corrected chi connectivity index (χ4v) is 4.12. The Labute approximate surface area is 175 Å². The van der Waals surface area contributed by atoms with Crippen LogP contribution in [0.1, 0.15) is 24.7 Å². The van der Waals surface area contributed by atoms with Gasteiger partial charge in [-0.3, -0.25) is 4.79 Å². The van der Waals surface area contributed by atoms with E-state index in [1.54, 1.807) is 37.3 Å². The number of carbonyl (C=O) groups is 1. The van der Waals surface area contributed by atoms with Crippen LogP contribution in [-0.4, -0.2) is 42.3 Å². The molecule has 0 fully saturated rings. The van der Waals surface area contributed by atoms with E-state index in [2.05, 4.69) is 10.3 Å². The molecular formula is C21H25FN4O3S. The minimum absolute atomic E-state index is 0.168. The van der Waals surface area contributed by atoms with Crippen molar-refractivity contribution in [2.45, 2.75) is 38.1 Å². The van der Waals surface area contributed by atoms with Crippen molar-refractivity contribution >= 4 is 32.7 Å². The van der Waals surface area contributed by atoms with Gasteiger partial charge in [-0.15, -0.1) is 0 Å². The number of hydrogen-bond donors (Lipinski definition) is 1. The van der Waals surface area contributed by atoms with Gasteiger partial charge in [0.2, 0.25) is 15.9 Å². The Morgan fingerprint density at radius 2 is 1.93 bits per heavy atom. The van der Waals surface area contributed by atoms with Crippen molar-refractivity contribution in [3.63, 3.8) is 0 Å². The third-order valence-corrected chi connectivity index (χ3v) is 6.74.